The lowest BCUT2D eigenvalue weighted by atomic mass is 10.0. The molecule has 1 saturated heterocycles. The molecule has 0 aromatic heterocycles. The molecule has 0 saturated carbocycles. The van der Waals surface area contributed by atoms with Gasteiger partial charge in [-0.15, -0.1) is 0 Å². The number of nitrogens with one attached hydrogen (secondary N) is 2. The van der Waals surface area contributed by atoms with Gasteiger partial charge in [0.2, 0.25) is 5.91 Å². The molecule has 0 bridgehead atoms. The minimum Gasteiger partial charge on any atom is -0.377 e. The summed E-state index contributed by atoms with van der Waals surface area (Å²) in [7, 11) is 4.11. The van der Waals surface area contributed by atoms with Gasteiger partial charge >= 0.3 is 0 Å². The van der Waals surface area contributed by atoms with E-state index in [1.54, 1.807) is 0 Å². The first kappa shape index (κ1) is 17.4. The number of hydrogen-bond acceptors (Lipinski definition) is 4. The molecule has 0 aromatic carbocycles. The first-order valence-corrected chi connectivity index (χ1v) is 7.85. The normalized spacial score (nSPS) is 20.3. The van der Waals surface area contributed by atoms with Crippen molar-refractivity contribution in [1.82, 2.24) is 15.5 Å². The van der Waals surface area contributed by atoms with Crippen LogP contribution in [0.2, 0.25) is 0 Å². The molecule has 0 aromatic rings. The summed E-state index contributed by atoms with van der Waals surface area (Å²) in [6.45, 7) is 6.47. The van der Waals surface area contributed by atoms with E-state index in [0.29, 0.717) is 25.5 Å². The number of carbonyl (C=O) groups excluding carboxylic acids is 1. The van der Waals surface area contributed by atoms with Gasteiger partial charge < -0.3 is 20.3 Å². The monoisotopic (exact) mass is 285 g/mol. The number of rotatable bonds is 10. The average Bonchev–Trinajstić information content (AvgIpc) is 2.92. The molecule has 2 unspecified atom stereocenters. The van der Waals surface area contributed by atoms with Crippen LogP contribution in [-0.2, 0) is 9.53 Å². The standard InChI is InChI=1S/C15H31N3O2/c1-4-20-14(8-10-18(2)3)12-17-15(19)6-5-13-7-9-16-11-13/h13-14,16H,4-12H2,1-3H3,(H,17,19). The molecule has 5 heteroatoms. The summed E-state index contributed by atoms with van der Waals surface area (Å²) in [6.07, 6.45) is 3.92. The fraction of sp³-hybridized carbons (Fsp3) is 0.933. The maximum absolute atomic E-state index is 11.8. The van der Waals surface area contributed by atoms with E-state index in [-0.39, 0.29) is 12.0 Å². The highest BCUT2D eigenvalue weighted by atomic mass is 16.5. The van der Waals surface area contributed by atoms with Gasteiger partial charge in [-0.05, 0) is 59.3 Å². The number of ether oxygens (including phenoxy) is 1. The van der Waals surface area contributed by atoms with Crippen molar-refractivity contribution in [3.05, 3.63) is 0 Å². The molecule has 1 aliphatic heterocycles. The Morgan fingerprint density at radius 1 is 1.50 bits per heavy atom. The fourth-order valence-corrected chi connectivity index (χ4v) is 2.49. The van der Waals surface area contributed by atoms with Crippen LogP contribution in [0.4, 0.5) is 0 Å². The Bertz CT molecular complexity index is 266. The second-order valence-corrected chi connectivity index (χ2v) is 5.87. The summed E-state index contributed by atoms with van der Waals surface area (Å²) >= 11 is 0. The van der Waals surface area contributed by atoms with Crippen molar-refractivity contribution in [1.29, 1.82) is 0 Å². The van der Waals surface area contributed by atoms with Crippen LogP contribution in [0.5, 0.6) is 0 Å². The van der Waals surface area contributed by atoms with Crippen LogP contribution in [0.25, 0.3) is 0 Å². The third kappa shape index (κ3) is 7.82. The van der Waals surface area contributed by atoms with Gasteiger partial charge in [0, 0.05) is 26.1 Å². The first-order valence-electron chi connectivity index (χ1n) is 7.85. The van der Waals surface area contributed by atoms with Crippen LogP contribution in [-0.4, -0.2) is 63.8 Å². The largest absolute Gasteiger partial charge is 0.377 e. The lowest BCUT2D eigenvalue weighted by Crippen LogP contribution is -2.35. The second-order valence-electron chi connectivity index (χ2n) is 5.87. The van der Waals surface area contributed by atoms with Gasteiger partial charge in [-0.1, -0.05) is 0 Å². The summed E-state index contributed by atoms with van der Waals surface area (Å²) in [6, 6.07) is 0. The van der Waals surface area contributed by atoms with Crippen LogP contribution in [0.1, 0.15) is 32.6 Å². The zero-order chi connectivity index (χ0) is 14.8. The Kier molecular flexibility index (Phi) is 8.82. The lowest BCUT2D eigenvalue weighted by Gasteiger charge is -2.20. The molecule has 1 rings (SSSR count). The van der Waals surface area contributed by atoms with Crippen LogP contribution < -0.4 is 10.6 Å². The SMILES string of the molecule is CCOC(CCN(C)C)CNC(=O)CCC1CCNC1. The summed E-state index contributed by atoms with van der Waals surface area (Å²) < 4.78 is 5.67. The van der Waals surface area contributed by atoms with Crippen molar-refractivity contribution in [3.63, 3.8) is 0 Å². The quantitative estimate of drug-likeness (QED) is 0.625. The van der Waals surface area contributed by atoms with Crippen LogP contribution in [0, 0.1) is 5.92 Å². The topological polar surface area (TPSA) is 53.6 Å². The predicted molar refractivity (Wildman–Crippen MR) is 81.8 cm³/mol. The summed E-state index contributed by atoms with van der Waals surface area (Å²) in [5, 5.41) is 6.35. The number of amides is 1. The van der Waals surface area contributed by atoms with Gasteiger partial charge in [0.1, 0.15) is 0 Å². The highest BCUT2D eigenvalue weighted by Crippen LogP contribution is 2.13. The van der Waals surface area contributed by atoms with E-state index >= 15 is 0 Å². The molecule has 1 heterocycles. The van der Waals surface area contributed by atoms with Gasteiger partial charge in [-0.3, -0.25) is 4.79 Å². The van der Waals surface area contributed by atoms with Crippen molar-refractivity contribution in [2.45, 2.75) is 38.7 Å². The summed E-state index contributed by atoms with van der Waals surface area (Å²) in [5.41, 5.74) is 0. The zero-order valence-electron chi connectivity index (χ0n) is 13.3. The van der Waals surface area contributed by atoms with Crippen LogP contribution in [0.3, 0.4) is 0 Å². The first-order chi connectivity index (χ1) is 9.61. The Morgan fingerprint density at radius 3 is 2.90 bits per heavy atom. The van der Waals surface area contributed by atoms with E-state index in [1.807, 2.05) is 6.92 Å². The van der Waals surface area contributed by atoms with E-state index in [1.165, 1.54) is 6.42 Å². The maximum atomic E-state index is 11.8. The highest BCUT2D eigenvalue weighted by molar-refractivity contribution is 5.75. The Labute approximate surface area is 123 Å². The van der Waals surface area contributed by atoms with Gasteiger partial charge in [-0.25, -0.2) is 0 Å². The molecule has 0 spiro atoms. The number of carbonyl (C=O) groups is 1. The molecule has 20 heavy (non-hydrogen) atoms. The molecule has 1 aliphatic rings. The maximum Gasteiger partial charge on any atom is 0.220 e. The second kappa shape index (κ2) is 10.1. The van der Waals surface area contributed by atoms with Crippen molar-refractivity contribution in [3.8, 4) is 0 Å². The molecular weight excluding hydrogens is 254 g/mol. The molecule has 0 radical (unpaired) electrons. The van der Waals surface area contributed by atoms with Gasteiger partial charge in [0.15, 0.2) is 0 Å². The van der Waals surface area contributed by atoms with Gasteiger partial charge in [-0.2, -0.15) is 0 Å². The molecular formula is C15H31N3O2. The van der Waals surface area contributed by atoms with E-state index in [0.717, 1.165) is 32.5 Å². The molecule has 5 nitrogen and oxygen atoms in total. The average molecular weight is 285 g/mol. The van der Waals surface area contributed by atoms with Crippen molar-refractivity contribution >= 4 is 5.91 Å². The minimum absolute atomic E-state index is 0.125. The van der Waals surface area contributed by atoms with Crippen molar-refractivity contribution in [2.24, 2.45) is 5.92 Å². The predicted octanol–water partition coefficient (Wildman–Crippen LogP) is 0.849. The molecule has 2 N–H and O–H groups in total. The highest BCUT2D eigenvalue weighted by Gasteiger charge is 2.16. The molecule has 1 amide bonds. The van der Waals surface area contributed by atoms with Gasteiger partial charge in [0.25, 0.3) is 0 Å². The van der Waals surface area contributed by atoms with E-state index in [2.05, 4.69) is 29.6 Å². The van der Waals surface area contributed by atoms with E-state index < -0.39 is 0 Å². The van der Waals surface area contributed by atoms with Crippen LogP contribution in [0.15, 0.2) is 0 Å². The Morgan fingerprint density at radius 2 is 2.30 bits per heavy atom. The molecule has 1 fully saturated rings. The third-order valence-electron chi connectivity index (χ3n) is 3.77. The van der Waals surface area contributed by atoms with Gasteiger partial charge in [0.05, 0.1) is 6.10 Å². The fourth-order valence-electron chi connectivity index (χ4n) is 2.49. The third-order valence-corrected chi connectivity index (χ3v) is 3.77. The Hall–Kier alpha value is -0.650. The molecule has 2 atom stereocenters. The summed E-state index contributed by atoms with van der Waals surface area (Å²) in [5.74, 6) is 0.837. The van der Waals surface area contributed by atoms with Crippen molar-refractivity contribution in [2.75, 3.05) is 46.9 Å². The molecule has 0 aliphatic carbocycles. The van der Waals surface area contributed by atoms with E-state index in [9.17, 15) is 4.79 Å². The summed E-state index contributed by atoms with van der Waals surface area (Å²) in [4.78, 5) is 14.0. The zero-order valence-corrected chi connectivity index (χ0v) is 13.3. The lowest BCUT2D eigenvalue weighted by molar-refractivity contribution is -0.122. The smallest absolute Gasteiger partial charge is 0.220 e. The molecule has 118 valence electrons. The van der Waals surface area contributed by atoms with Crippen molar-refractivity contribution < 1.29 is 9.53 Å². The Balaban J connectivity index is 2.14. The number of nitrogens with zero attached hydrogens (tertiary/aromatic N) is 1. The van der Waals surface area contributed by atoms with Crippen LogP contribution >= 0.6 is 0 Å². The number of hydrogen-bond donors (Lipinski definition) is 2. The van der Waals surface area contributed by atoms with E-state index in [4.69, 9.17) is 4.74 Å². The minimum atomic E-state index is 0.125.